The zero-order chi connectivity index (χ0) is 9.68. The van der Waals surface area contributed by atoms with E-state index in [0.717, 1.165) is 0 Å². The minimum atomic E-state index is 0.140. The summed E-state index contributed by atoms with van der Waals surface area (Å²) in [7, 11) is 1.47. The Kier molecular flexibility index (Phi) is 3.39. The summed E-state index contributed by atoms with van der Waals surface area (Å²) in [6.45, 7) is 2.81. The van der Waals surface area contributed by atoms with Gasteiger partial charge in [0.25, 0.3) is 0 Å². The second-order valence-electron chi connectivity index (χ2n) is 2.23. The molecule has 13 heavy (non-hydrogen) atoms. The van der Waals surface area contributed by atoms with Gasteiger partial charge < -0.3 is 15.2 Å². The topological polar surface area (TPSA) is 83.2 Å². The van der Waals surface area contributed by atoms with E-state index in [2.05, 4.69) is 15.0 Å². The normalized spacial score (nSPS) is 10.0. The molecule has 72 valence electrons. The van der Waals surface area contributed by atoms with Crippen molar-refractivity contribution < 1.29 is 9.47 Å². The maximum absolute atomic E-state index is 5.41. The SMILES string of the molecule is CCOCc1nc(N)nc(OC)n1. The van der Waals surface area contributed by atoms with Gasteiger partial charge in [-0.25, -0.2) is 0 Å². The number of rotatable bonds is 4. The predicted octanol–water partition coefficient (Wildman–Crippen LogP) is -0.00110. The average Bonchev–Trinajstić information content (AvgIpc) is 2.14. The van der Waals surface area contributed by atoms with E-state index in [1.165, 1.54) is 7.11 Å². The third-order valence-corrected chi connectivity index (χ3v) is 1.30. The van der Waals surface area contributed by atoms with Crippen LogP contribution in [0.3, 0.4) is 0 Å². The second-order valence-corrected chi connectivity index (χ2v) is 2.23. The third-order valence-electron chi connectivity index (χ3n) is 1.30. The Morgan fingerprint density at radius 2 is 2.08 bits per heavy atom. The highest BCUT2D eigenvalue weighted by atomic mass is 16.5. The molecule has 0 saturated heterocycles. The molecule has 0 saturated carbocycles. The minimum Gasteiger partial charge on any atom is -0.467 e. The second kappa shape index (κ2) is 4.56. The van der Waals surface area contributed by atoms with Crippen LogP contribution >= 0.6 is 0 Å². The lowest BCUT2D eigenvalue weighted by Crippen LogP contribution is -2.06. The maximum atomic E-state index is 5.41. The summed E-state index contributed by atoms with van der Waals surface area (Å²) in [6.07, 6.45) is 0. The number of methoxy groups -OCH3 is 1. The Morgan fingerprint density at radius 1 is 1.31 bits per heavy atom. The number of hydrogen-bond donors (Lipinski definition) is 1. The Bertz CT molecular complexity index is 279. The van der Waals surface area contributed by atoms with Gasteiger partial charge in [-0.05, 0) is 6.92 Å². The molecule has 1 aromatic rings. The largest absolute Gasteiger partial charge is 0.467 e. The van der Waals surface area contributed by atoms with Crippen LogP contribution in [-0.2, 0) is 11.3 Å². The molecular weight excluding hydrogens is 172 g/mol. The molecule has 6 nitrogen and oxygen atoms in total. The molecule has 0 radical (unpaired) electrons. The van der Waals surface area contributed by atoms with Crippen LogP contribution in [0.1, 0.15) is 12.7 Å². The quantitative estimate of drug-likeness (QED) is 0.709. The number of aromatic nitrogens is 3. The number of anilines is 1. The van der Waals surface area contributed by atoms with Gasteiger partial charge in [0.2, 0.25) is 5.95 Å². The van der Waals surface area contributed by atoms with Gasteiger partial charge in [-0.2, -0.15) is 15.0 Å². The molecule has 0 atom stereocenters. The molecule has 1 aromatic heterocycles. The van der Waals surface area contributed by atoms with Crippen molar-refractivity contribution in [1.29, 1.82) is 0 Å². The monoisotopic (exact) mass is 184 g/mol. The molecule has 0 bridgehead atoms. The third kappa shape index (κ3) is 2.83. The molecule has 0 fully saturated rings. The fraction of sp³-hybridized carbons (Fsp3) is 0.571. The molecule has 0 aliphatic heterocycles. The summed E-state index contributed by atoms with van der Waals surface area (Å²) >= 11 is 0. The van der Waals surface area contributed by atoms with Crippen LogP contribution in [0, 0.1) is 0 Å². The first kappa shape index (κ1) is 9.66. The summed E-state index contributed by atoms with van der Waals surface area (Å²) in [5.74, 6) is 0.618. The van der Waals surface area contributed by atoms with Gasteiger partial charge >= 0.3 is 6.01 Å². The number of hydrogen-bond acceptors (Lipinski definition) is 6. The standard InChI is InChI=1S/C7H12N4O2/c1-3-13-4-5-9-6(8)11-7(10-5)12-2/h3-4H2,1-2H3,(H2,8,9,10,11). The van der Waals surface area contributed by atoms with Crippen LogP contribution in [0.15, 0.2) is 0 Å². The maximum Gasteiger partial charge on any atom is 0.321 e. The van der Waals surface area contributed by atoms with E-state index in [-0.39, 0.29) is 12.0 Å². The van der Waals surface area contributed by atoms with E-state index >= 15 is 0 Å². The lowest BCUT2D eigenvalue weighted by Gasteiger charge is -2.02. The van der Waals surface area contributed by atoms with Crippen molar-refractivity contribution in [1.82, 2.24) is 15.0 Å². The van der Waals surface area contributed by atoms with Crippen molar-refractivity contribution in [3.8, 4) is 6.01 Å². The van der Waals surface area contributed by atoms with Gasteiger partial charge in [-0.1, -0.05) is 0 Å². The zero-order valence-electron chi connectivity index (χ0n) is 7.65. The molecular formula is C7H12N4O2. The van der Waals surface area contributed by atoms with Gasteiger partial charge in [-0.3, -0.25) is 0 Å². The zero-order valence-corrected chi connectivity index (χ0v) is 7.65. The molecule has 6 heteroatoms. The van der Waals surface area contributed by atoms with E-state index in [0.29, 0.717) is 19.0 Å². The van der Waals surface area contributed by atoms with Crippen molar-refractivity contribution in [3.63, 3.8) is 0 Å². The van der Waals surface area contributed by atoms with E-state index in [9.17, 15) is 0 Å². The van der Waals surface area contributed by atoms with Gasteiger partial charge in [-0.15, -0.1) is 0 Å². The molecule has 0 spiro atoms. The first-order valence-electron chi connectivity index (χ1n) is 3.88. The van der Waals surface area contributed by atoms with Gasteiger partial charge in [0, 0.05) is 6.61 Å². The summed E-state index contributed by atoms with van der Waals surface area (Å²) < 4.78 is 9.93. The van der Waals surface area contributed by atoms with E-state index in [1.807, 2.05) is 6.92 Å². The smallest absolute Gasteiger partial charge is 0.321 e. The summed E-state index contributed by atoms with van der Waals surface area (Å²) in [4.78, 5) is 11.5. The highest BCUT2D eigenvalue weighted by Gasteiger charge is 2.03. The Balaban J connectivity index is 2.76. The fourth-order valence-electron chi connectivity index (χ4n) is 0.765. The van der Waals surface area contributed by atoms with Gasteiger partial charge in [0.15, 0.2) is 5.82 Å². The number of nitrogens with two attached hydrogens (primary N) is 1. The summed E-state index contributed by atoms with van der Waals surface area (Å²) in [6, 6.07) is 0.210. The summed E-state index contributed by atoms with van der Waals surface area (Å²) in [5.41, 5.74) is 5.41. The predicted molar refractivity (Wildman–Crippen MR) is 46.1 cm³/mol. The summed E-state index contributed by atoms with van der Waals surface area (Å²) in [5, 5.41) is 0. The minimum absolute atomic E-state index is 0.140. The van der Waals surface area contributed by atoms with Gasteiger partial charge in [0.05, 0.1) is 7.11 Å². The van der Waals surface area contributed by atoms with Crippen molar-refractivity contribution in [2.75, 3.05) is 19.5 Å². The average molecular weight is 184 g/mol. The van der Waals surface area contributed by atoms with Crippen LogP contribution in [0.5, 0.6) is 6.01 Å². The van der Waals surface area contributed by atoms with Crippen LogP contribution in [-0.4, -0.2) is 28.7 Å². The van der Waals surface area contributed by atoms with Crippen LogP contribution in [0.4, 0.5) is 5.95 Å². The molecule has 0 unspecified atom stereocenters. The highest BCUT2D eigenvalue weighted by molar-refractivity contribution is 5.17. The highest BCUT2D eigenvalue weighted by Crippen LogP contribution is 2.04. The van der Waals surface area contributed by atoms with Crippen molar-refractivity contribution in [3.05, 3.63) is 5.82 Å². The molecule has 0 aliphatic carbocycles. The van der Waals surface area contributed by atoms with Gasteiger partial charge in [0.1, 0.15) is 6.61 Å². The Hall–Kier alpha value is -1.43. The lowest BCUT2D eigenvalue weighted by atomic mass is 10.6. The number of ether oxygens (including phenoxy) is 2. The van der Waals surface area contributed by atoms with E-state index < -0.39 is 0 Å². The molecule has 1 heterocycles. The van der Waals surface area contributed by atoms with Crippen molar-refractivity contribution in [2.24, 2.45) is 0 Å². The Morgan fingerprint density at radius 3 is 2.69 bits per heavy atom. The Labute approximate surface area is 76.1 Å². The molecule has 1 rings (SSSR count). The number of nitrogens with zero attached hydrogens (tertiary/aromatic N) is 3. The molecule has 0 aliphatic rings. The van der Waals surface area contributed by atoms with E-state index in [1.54, 1.807) is 0 Å². The van der Waals surface area contributed by atoms with Crippen LogP contribution in [0.25, 0.3) is 0 Å². The van der Waals surface area contributed by atoms with Crippen LogP contribution < -0.4 is 10.5 Å². The molecule has 0 aromatic carbocycles. The number of nitrogen functional groups attached to an aromatic ring is 1. The van der Waals surface area contributed by atoms with E-state index in [4.69, 9.17) is 15.2 Å². The fourth-order valence-corrected chi connectivity index (χ4v) is 0.765. The van der Waals surface area contributed by atoms with Crippen molar-refractivity contribution >= 4 is 5.95 Å². The van der Waals surface area contributed by atoms with Crippen molar-refractivity contribution in [2.45, 2.75) is 13.5 Å². The molecule has 0 amide bonds. The van der Waals surface area contributed by atoms with Crippen LogP contribution in [0.2, 0.25) is 0 Å². The lowest BCUT2D eigenvalue weighted by molar-refractivity contribution is 0.127. The first-order valence-corrected chi connectivity index (χ1v) is 3.88. The first-order chi connectivity index (χ1) is 6.26. The molecule has 2 N–H and O–H groups in total.